The lowest BCUT2D eigenvalue weighted by molar-refractivity contribution is -0.174. The van der Waals surface area contributed by atoms with Gasteiger partial charge in [0, 0.05) is 23.0 Å². The number of carbonyl (C=O) groups is 1. The van der Waals surface area contributed by atoms with Gasteiger partial charge in [-0.15, -0.1) is 0 Å². The summed E-state index contributed by atoms with van der Waals surface area (Å²) in [5.74, 6) is 3.14. The van der Waals surface area contributed by atoms with Gasteiger partial charge in [-0.2, -0.15) is 0 Å². The van der Waals surface area contributed by atoms with Crippen LogP contribution in [0.25, 0.3) is 0 Å². The minimum atomic E-state index is -0.238. The van der Waals surface area contributed by atoms with E-state index in [-0.39, 0.29) is 28.9 Å². The highest BCUT2D eigenvalue weighted by Crippen LogP contribution is 2.68. The molecular weight excluding hydrogens is 505 g/mol. The van der Waals surface area contributed by atoms with Gasteiger partial charge in [0.2, 0.25) is 5.91 Å². The first-order valence-corrected chi connectivity index (χ1v) is 15.3. The van der Waals surface area contributed by atoms with Crippen molar-refractivity contribution in [2.45, 2.75) is 104 Å². The number of carbonyl (C=O) groups excluding carboxylic acids is 1. The number of hydrogen-bond donors (Lipinski definition) is 3. The van der Waals surface area contributed by atoms with E-state index in [0.717, 1.165) is 37.7 Å². The number of aliphatic hydroxyl groups is 2. The molecule has 1 amide bonds. The first-order chi connectivity index (χ1) is 17.5. The number of benzene rings is 1. The number of nitrogens with one attached hydrogen (secondary N) is 1. The third-order valence-corrected chi connectivity index (χ3v) is 12.1. The van der Waals surface area contributed by atoms with Crippen LogP contribution in [0.5, 0.6) is 0 Å². The van der Waals surface area contributed by atoms with Gasteiger partial charge in [0.05, 0.1) is 12.2 Å². The third-order valence-electron chi connectivity index (χ3n) is 11.7. The third kappa shape index (κ3) is 5.22. The second kappa shape index (κ2) is 10.6. The van der Waals surface area contributed by atoms with Gasteiger partial charge < -0.3 is 15.5 Å². The Bertz CT molecular complexity index is 982. The first-order valence-electron chi connectivity index (χ1n) is 14.6. The summed E-state index contributed by atoms with van der Waals surface area (Å²) < 4.78 is 0. The molecule has 0 radical (unpaired) electrons. The second-order valence-corrected chi connectivity index (χ2v) is 14.4. The number of halogens is 2. The monoisotopic (exact) mass is 549 g/mol. The van der Waals surface area contributed by atoms with Crippen molar-refractivity contribution in [3.8, 4) is 0 Å². The van der Waals surface area contributed by atoms with E-state index in [1.165, 1.54) is 25.7 Å². The fourth-order valence-corrected chi connectivity index (χ4v) is 10.3. The molecule has 3 N–H and O–H groups in total. The van der Waals surface area contributed by atoms with Gasteiger partial charge in [-0.3, -0.25) is 4.79 Å². The second-order valence-electron chi connectivity index (χ2n) is 13.5. The predicted octanol–water partition coefficient (Wildman–Crippen LogP) is 7.02. The highest BCUT2D eigenvalue weighted by molar-refractivity contribution is 6.34. The summed E-state index contributed by atoms with van der Waals surface area (Å²) in [5.41, 5.74) is 1.42. The predicted molar refractivity (Wildman–Crippen MR) is 149 cm³/mol. The SMILES string of the molecule is C[C@H](CCC(=O)NCc1cc(Cl)cc(Cl)c1)[C@H]1CC[C@H]2[C@@H]3[C@@H](O)C[C@@H]4C[C@H](O)CC[C@]4(C)[C@H]3CC[C@]12C. The van der Waals surface area contributed by atoms with Gasteiger partial charge in [-0.25, -0.2) is 0 Å². The van der Waals surface area contributed by atoms with Crippen molar-refractivity contribution in [2.75, 3.05) is 0 Å². The summed E-state index contributed by atoms with van der Waals surface area (Å²) in [5, 5.41) is 26.0. The molecule has 4 fully saturated rings. The van der Waals surface area contributed by atoms with Crippen molar-refractivity contribution >= 4 is 29.1 Å². The Morgan fingerprint density at radius 1 is 1.00 bits per heavy atom. The van der Waals surface area contributed by atoms with Crippen molar-refractivity contribution in [3.05, 3.63) is 33.8 Å². The van der Waals surface area contributed by atoms with E-state index in [1.54, 1.807) is 6.07 Å². The van der Waals surface area contributed by atoms with Crippen LogP contribution in [0.2, 0.25) is 10.0 Å². The Hall–Kier alpha value is -0.810. The van der Waals surface area contributed by atoms with Crippen LogP contribution in [0.4, 0.5) is 0 Å². The normalized spacial score (nSPS) is 41.9. The van der Waals surface area contributed by atoms with E-state index in [9.17, 15) is 15.0 Å². The Kier molecular flexibility index (Phi) is 7.98. The molecule has 0 bridgehead atoms. The minimum Gasteiger partial charge on any atom is -0.393 e. The molecule has 1 aromatic carbocycles. The van der Waals surface area contributed by atoms with Gasteiger partial charge >= 0.3 is 0 Å². The van der Waals surface area contributed by atoms with E-state index in [1.807, 2.05) is 12.1 Å². The van der Waals surface area contributed by atoms with E-state index < -0.39 is 0 Å². The number of rotatable bonds is 6. The Morgan fingerprint density at radius 3 is 2.41 bits per heavy atom. The zero-order valence-electron chi connectivity index (χ0n) is 22.7. The van der Waals surface area contributed by atoms with Crippen LogP contribution >= 0.6 is 23.2 Å². The first kappa shape index (κ1) is 27.7. The minimum absolute atomic E-state index is 0.0764. The largest absolute Gasteiger partial charge is 0.393 e. The van der Waals surface area contributed by atoms with Gasteiger partial charge in [0.15, 0.2) is 0 Å². The molecule has 206 valence electrons. The Balaban J connectivity index is 1.20. The standard InChI is InChI=1S/C31H45Cl2NO3/c1-18(4-7-28(37)34-17-19-12-21(32)16-22(33)13-19)24-5-6-25-29-26(9-11-31(24,25)3)30(2)10-8-23(35)14-20(30)15-27(29)36/h12-13,16,18,20,23-27,29,35-36H,4-11,14-15,17H2,1-3H3,(H,34,37)/t18-,20+,23-,24-,25+,26+,27+,29+,30+,31-/m1/s1. The molecule has 0 unspecified atom stereocenters. The maximum atomic E-state index is 12.7. The van der Waals surface area contributed by atoms with Crippen molar-refractivity contribution in [3.63, 3.8) is 0 Å². The van der Waals surface area contributed by atoms with Crippen molar-refractivity contribution in [2.24, 2.45) is 46.3 Å². The highest BCUT2D eigenvalue weighted by atomic mass is 35.5. The van der Waals surface area contributed by atoms with E-state index in [0.29, 0.717) is 58.5 Å². The smallest absolute Gasteiger partial charge is 0.220 e. The average Bonchev–Trinajstić information content (AvgIpc) is 3.19. The molecule has 6 heteroatoms. The van der Waals surface area contributed by atoms with Gasteiger partial charge in [0.25, 0.3) is 0 Å². The lowest BCUT2D eigenvalue weighted by Gasteiger charge is -2.62. The van der Waals surface area contributed by atoms with Crippen LogP contribution in [0.1, 0.15) is 90.5 Å². The maximum Gasteiger partial charge on any atom is 0.220 e. The number of hydrogen-bond acceptors (Lipinski definition) is 3. The van der Waals surface area contributed by atoms with Gasteiger partial charge in [-0.1, -0.05) is 44.0 Å². The molecule has 0 aromatic heterocycles. The molecule has 0 aliphatic heterocycles. The van der Waals surface area contributed by atoms with Crippen LogP contribution in [-0.4, -0.2) is 28.3 Å². The molecule has 0 saturated heterocycles. The molecule has 4 nitrogen and oxygen atoms in total. The van der Waals surface area contributed by atoms with Crippen LogP contribution < -0.4 is 5.32 Å². The average molecular weight is 551 g/mol. The molecule has 1 aromatic rings. The molecule has 4 saturated carbocycles. The lowest BCUT2D eigenvalue weighted by Crippen LogP contribution is -2.58. The zero-order valence-corrected chi connectivity index (χ0v) is 24.2. The Morgan fingerprint density at radius 2 is 1.68 bits per heavy atom. The van der Waals surface area contributed by atoms with E-state index in [2.05, 4.69) is 26.1 Å². The van der Waals surface area contributed by atoms with Crippen LogP contribution in [0, 0.1) is 46.3 Å². The summed E-state index contributed by atoms with van der Waals surface area (Å²) in [6.07, 6.45) is 9.58. The fraction of sp³-hybridized carbons (Fsp3) is 0.774. The van der Waals surface area contributed by atoms with Crippen LogP contribution in [-0.2, 0) is 11.3 Å². The molecule has 0 heterocycles. The van der Waals surface area contributed by atoms with E-state index in [4.69, 9.17) is 23.2 Å². The van der Waals surface area contributed by atoms with Crippen LogP contribution in [0.15, 0.2) is 18.2 Å². The van der Waals surface area contributed by atoms with Gasteiger partial charge in [0.1, 0.15) is 0 Å². The summed E-state index contributed by atoms with van der Waals surface area (Å²) in [6, 6.07) is 5.37. The number of fused-ring (bicyclic) bond motifs is 5. The molecular formula is C31H45Cl2NO3. The van der Waals surface area contributed by atoms with Gasteiger partial charge in [-0.05, 0) is 128 Å². The maximum absolute atomic E-state index is 12.7. The summed E-state index contributed by atoms with van der Waals surface area (Å²) >= 11 is 12.2. The molecule has 10 atom stereocenters. The summed E-state index contributed by atoms with van der Waals surface area (Å²) in [4.78, 5) is 12.7. The number of aliphatic hydroxyl groups excluding tert-OH is 2. The van der Waals surface area contributed by atoms with Crippen molar-refractivity contribution < 1.29 is 15.0 Å². The number of amides is 1. The molecule has 0 spiro atoms. The summed E-state index contributed by atoms with van der Waals surface area (Å²) in [7, 11) is 0. The fourth-order valence-electron chi connectivity index (χ4n) is 9.74. The van der Waals surface area contributed by atoms with E-state index >= 15 is 0 Å². The molecule has 4 aliphatic rings. The zero-order chi connectivity index (χ0) is 26.5. The molecule has 4 aliphatic carbocycles. The highest BCUT2D eigenvalue weighted by Gasteiger charge is 2.62. The van der Waals surface area contributed by atoms with Crippen molar-refractivity contribution in [1.82, 2.24) is 5.32 Å². The molecule has 5 rings (SSSR count). The lowest BCUT2D eigenvalue weighted by atomic mass is 9.43. The summed E-state index contributed by atoms with van der Waals surface area (Å²) in [6.45, 7) is 7.75. The van der Waals surface area contributed by atoms with Crippen LogP contribution in [0.3, 0.4) is 0 Å². The Labute approximate surface area is 232 Å². The van der Waals surface area contributed by atoms with Crippen molar-refractivity contribution in [1.29, 1.82) is 0 Å². The molecule has 37 heavy (non-hydrogen) atoms. The quantitative estimate of drug-likeness (QED) is 0.357. The topological polar surface area (TPSA) is 69.6 Å².